The molecule has 0 aliphatic heterocycles. The molecule has 180 valence electrons. The molecular formula is C33H30O3. The summed E-state index contributed by atoms with van der Waals surface area (Å²) in [5.41, 5.74) is 13.3. The fourth-order valence-corrected chi connectivity index (χ4v) is 4.94. The van der Waals surface area contributed by atoms with E-state index in [0.717, 1.165) is 38.1 Å². The van der Waals surface area contributed by atoms with Crippen molar-refractivity contribution >= 4 is 18.9 Å². The molecule has 0 heterocycles. The summed E-state index contributed by atoms with van der Waals surface area (Å²) < 4.78 is 0. The molecule has 0 atom stereocenters. The highest BCUT2D eigenvalue weighted by atomic mass is 16.1. The van der Waals surface area contributed by atoms with Gasteiger partial charge in [-0.3, -0.25) is 14.4 Å². The molecule has 0 saturated heterocycles. The maximum atomic E-state index is 11.1. The highest BCUT2D eigenvalue weighted by Crippen LogP contribution is 2.32. The monoisotopic (exact) mass is 474 g/mol. The summed E-state index contributed by atoms with van der Waals surface area (Å²) in [6, 6.07) is 23.4. The molecule has 0 N–H and O–H groups in total. The Kier molecular flexibility index (Phi) is 7.70. The summed E-state index contributed by atoms with van der Waals surface area (Å²) in [5.74, 6) is 0. The largest absolute Gasteiger partial charge is 0.298 e. The Bertz CT molecular complexity index is 1200. The van der Waals surface area contributed by atoms with Crippen molar-refractivity contribution < 1.29 is 14.4 Å². The average molecular weight is 475 g/mol. The van der Waals surface area contributed by atoms with E-state index in [1.807, 2.05) is 72.8 Å². The van der Waals surface area contributed by atoms with Gasteiger partial charge in [0.05, 0.1) is 0 Å². The van der Waals surface area contributed by atoms with E-state index in [9.17, 15) is 14.4 Å². The summed E-state index contributed by atoms with van der Waals surface area (Å²) in [6.07, 6.45) is 4.96. The van der Waals surface area contributed by atoms with Gasteiger partial charge in [-0.1, -0.05) is 72.8 Å². The number of rotatable bonds is 9. The van der Waals surface area contributed by atoms with Gasteiger partial charge in [-0.15, -0.1) is 0 Å². The zero-order valence-electron chi connectivity index (χ0n) is 21.0. The molecular weight excluding hydrogens is 444 g/mol. The van der Waals surface area contributed by atoms with Crippen molar-refractivity contribution in [3.05, 3.63) is 140 Å². The van der Waals surface area contributed by atoms with Crippen LogP contribution in [-0.2, 0) is 19.3 Å². The first-order valence-electron chi connectivity index (χ1n) is 12.2. The summed E-state index contributed by atoms with van der Waals surface area (Å²) in [7, 11) is 0. The van der Waals surface area contributed by atoms with Gasteiger partial charge in [0.25, 0.3) is 0 Å². The number of carbonyl (C=O) groups is 3. The number of benzene rings is 4. The zero-order chi connectivity index (χ0) is 25.7. The SMILES string of the molecule is Cc1c(Cc2ccc(C=O)cc2)c(C)c(Cc2ccc(C=O)cc2)c(C)c1Cc1ccc(C=O)cc1. The van der Waals surface area contributed by atoms with Crippen molar-refractivity contribution in [1.82, 2.24) is 0 Å². The van der Waals surface area contributed by atoms with E-state index >= 15 is 0 Å². The van der Waals surface area contributed by atoms with E-state index in [1.165, 1.54) is 50.1 Å². The molecule has 0 fully saturated rings. The highest BCUT2D eigenvalue weighted by molar-refractivity contribution is 5.75. The maximum absolute atomic E-state index is 11.1. The lowest BCUT2D eigenvalue weighted by atomic mass is 9.81. The van der Waals surface area contributed by atoms with Crippen molar-refractivity contribution in [1.29, 1.82) is 0 Å². The van der Waals surface area contributed by atoms with Gasteiger partial charge in [0.2, 0.25) is 0 Å². The van der Waals surface area contributed by atoms with Crippen molar-refractivity contribution in [2.45, 2.75) is 40.0 Å². The summed E-state index contributed by atoms with van der Waals surface area (Å²) in [5, 5.41) is 0. The lowest BCUT2D eigenvalue weighted by molar-refractivity contribution is 0.111. The molecule has 0 aromatic heterocycles. The minimum atomic E-state index is 0.676. The first-order chi connectivity index (χ1) is 17.4. The molecule has 36 heavy (non-hydrogen) atoms. The molecule has 0 aliphatic carbocycles. The summed E-state index contributed by atoms with van der Waals surface area (Å²) >= 11 is 0. The fourth-order valence-electron chi connectivity index (χ4n) is 4.94. The van der Waals surface area contributed by atoms with Crippen molar-refractivity contribution in [2.75, 3.05) is 0 Å². The van der Waals surface area contributed by atoms with Gasteiger partial charge < -0.3 is 0 Å². The number of hydrogen-bond acceptors (Lipinski definition) is 3. The van der Waals surface area contributed by atoms with Crippen LogP contribution in [0.2, 0.25) is 0 Å². The minimum Gasteiger partial charge on any atom is -0.298 e. The molecule has 3 nitrogen and oxygen atoms in total. The van der Waals surface area contributed by atoms with Gasteiger partial charge in [-0.2, -0.15) is 0 Å². The first kappa shape index (κ1) is 25.0. The Labute approximate surface area is 212 Å². The first-order valence-corrected chi connectivity index (χ1v) is 12.2. The van der Waals surface area contributed by atoms with Crippen LogP contribution >= 0.6 is 0 Å². The van der Waals surface area contributed by atoms with E-state index < -0.39 is 0 Å². The molecule has 4 rings (SSSR count). The van der Waals surface area contributed by atoms with Gasteiger partial charge in [-0.25, -0.2) is 0 Å². The van der Waals surface area contributed by atoms with Gasteiger partial charge in [0.15, 0.2) is 0 Å². The van der Waals surface area contributed by atoms with Gasteiger partial charge in [0, 0.05) is 16.7 Å². The van der Waals surface area contributed by atoms with E-state index in [1.54, 1.807) is 0 Å². The molecule has 4 aromatic rings. The average Bonchev–Trinajstić information content (AvgIpc) is 2.92. The topological polar surface area (TPSA) is 51.2 Å². The van der Waals surface area contributed by atoms with Gasteiger partial charge in [0.1, 0.15) is 18.9 Å². The third kappa shape index (κ3) is 5.41. The molecule has 0 aliphatic rings. The van der Waals surface area contributed by atoms with Crippen LogP contribution in [0.15, 0.2) is 72.8 Å². The Morgan fingerprint density at radius 3 is 0.833 bits per heavy atom. The number of carbonyl (C=O) groups excluding carboxylic acids is 3. The normalized spacial score (nSPS) is 10.8. The standard InChI is InChI=1S/C33H30O3/c1-22-31(16-25-4-10-28(19-34)11-5-25)23(2)33(18-27-8-14-30(21-36)15-9-27)24(3)32(22)17-26-6-12-29(20-35)13-7-26/h4-15,19-21H,16-18H2,1-3H3. The second kappa shape index (κ2) is 11.1. The molecule has 4 aromatic carbocycles. The predicted molar refractivity (Wildman–Crippen MR) is 145 cm³/mol. The van der Waals surface area contributed by atoms with E-state index in [-0.39, 0.29) is 0 Å². The van der Waals surface area contributed by atoms with Crippen molar-refractivity contribution in [2.24, 2.45) is 0 Å². The highest BCUT2D eigenvalue weighted by Gasteiger charge is 2.18. The smallest absolute Gasteiger partial charge is 0.150 e. The van der Waals surface area contributed by atoms with Crippen LogP contribution in [0.3, 0.4) is 0 Å². The molecule has 0 amide bonds. The van der Waals surface area contributed by atoms with Crippen molar-refractivity contribution in [3.63, 3.8) is 0 Å². The van der Waals surface area contributed by atoms with Crippen LogP contribution in [-0.4, -0.2) is 18.9 Å². The molecule has 0 unspecified atom stereocenters. The van der Waals surface area contributed by atoms with Crippen LogP contribution in [0.1, 0.15) is 81.1 Å². The number of aldehydes is 3. The third-order valence-electron chi connectivity index (χ3n) is 7.21. The molecule has 3 heteroatoms. The second-order valence-corrected chi connectivity index (χ2v) is 9.42. The third-order valence-corrected chi connectivity index (χ3v) is 7.21. The Morgan fingerprint density at radius 2 is 0.639 bits per heavy atom. The number of hydrogen-bond donors (Lipinski definition) is 0. The summed E-state index contributed by atoms with van der Waals surface area (Å²) in [6.45, 7) is 6.60. The lowest BCUT2D eigenvalue weighted by Gasteiger charge is -2.23. The molecule has 0 radical (unpaired) electrons. The van der Waals surface area contributed by atoms with E-state index in [4.69, 9.17) is 0 Å². The molecule has 0 saturated carbocycles. The quantitative estimate of drug-likeness (QED) is 0.250. The molecule has 0 bridgehead atoms. The van der Waals surface area contributed by atoms with Gasteiger partial charge >= 0.3 is 0 Å². The van der Waals surface area contributed by atoms with Crippen LogP contribution < -0.4 is 0 Å². The van der Waals surface area contributed by atoms with Crippen molar-refractivity contribution in [3.8, 4) is 0 Å². The van der Waals surface area contributed by atoms with E-state index in [0.29, 0.717) is 16.7 Å². The maximum Gasteiger partial charge on any atom is 0.150 e. The van der Waals surface area contributed by atoms with Crippen LogP contribution in [0.4, 0.5) is 0 Å². The Morgan fingerprint density at radius 1 is 0.417 bits per heavy atom. The summed E-state index contributed by atoms with van der Waals surface area (Å²) in [4.78, 5) is 33.3. The Hall–Kier alpha value is -4.11. The predicted octanol–water partition coefficient (Wildman–Crippen LogP) is 6.82. The van der Waals surface area contributed by atoms with Crippen LogP contribution in [0.25, 0.3) is 0 Å². The fraction of sp³-hybridized carbons (Fsp3) is 0.182. The Balaban J connectivity index is 1.80. The van der Waals surface area contributed by atoms with Crippen LogP contribution in [0, 0.1) is 20.8 Å². The lowest BCUT2D eigenvalue weighted by Crippen LogP contribution is -2.09. The van der Waals surface area contributed by atoms with Gasteiger partial charge in [-0.05, 0) is 90.1 Å². The molecule has 0 spiro atoms. The van der Waals surface area contributed by atoms with E-state index in [2.05, 4.69) is 20.8 Å². The zero-order valence-corrected chi connectivity index (χ0v) is 21.0. The second-order valence-electron chi connectivity index (χ2n) is 9.42. The minimum absolute atomic E-state index is 0.676. The van der Waals surface area contributed by atoms with Crippen LogP contribution in [0.5, 0.6) is 0 Å².